The Labute approximate surface area is 270 Å². The Kier molecular flexibility index (Phi) is 6.58. The van der Waals surface area contributed by atoms with Crippen molar-refractivity contribution in [1.82, 2.24) is 0 Å². The molecule has 2 aliphatic rings. The topological polar surface area (TPSA) is 72.5 Å². The number of hydrogen-bond acceptors (Lipinski definition) is 6. The second kappa shape index (κ2) is 10.4. The van der Waals surface area contributed by atoms with Crippen molar-refractivity contribution in [3.8, 4) is 35.1 Å². The maximum absolute atomic E-state index is 11.2. The fourth-order valence-corrected chi connectivity index (χ4v) is 6.74. The first-order valence-corrected chi connectivity index (χ1v) is 15.4. The standard InChI is InChI=1S/C40H34N4O2/c1-39(2,3)35-25(23-41)37(43-27-15-7-11-19-31(27)45-32-20-12-8-16-28(32)43)36(40(4,5)6)38(26(35)24-42)44-29-17-9-13-21-33(29)46-34-22-14-10-18-30(34)44/h7-22H,1-6H3. The number of para-hydroxylation sites is 8. The van der Waals surface area contributed by atoms with Gasteiger partial charge in [-0.05, 0) is 64.9 Å². The SMILES string of the molecule is CC(C)(C)c1c(C#N)c(N2c3ccccc3Oc3ccccc32)c(C(C)(C)C)c(N2c3ccccc3Oc3ccccc32)c1C#N. The lowest BCUT2D eigenvalue weighted by atomic mass is 9.73. The molecule has 2 aliphatic heterocycles. The van der Waals surface area contributed by atoms with Crippen molar-refractivity contribution in [2.45, 2.75) is 52.4 Å². The van der Waals surface area contributed by atoms with E-state index in [4.69, 9.17) is 9.47 Å². The van der Waals surface area contributed by atoms with Gasteiger partial charge in [-0.1, -0.05) is 90.1 Å². The maximum atomic E-state index is 11.2. The lowest BCUT2D eigenvalue weighted by Gasteiger charge is -2.43. The van der Waals surface area contributed by atoms with E-state index in [1.807, 2.05) is 97.1 Å². The molecule has 2 heterocycles. The maximum Gasteiger partial charge on any atom is 0.151 e. The van der Waals surface area contributed by atoms with E-state index in [0.717, 1.165) is 39.7 Å². The summed E-state index contributed by atoms with van der Waals surface area (Å²) in [5.41, 5.74) is 6.15. The molecule has 0 aliphatic carbocycles. The van der Waals surface area contributed by atoms with Gasteiger partial charge in [-0.15, -0.1) is 0 Å². The zero-order valence-electron chi connectivity index (χ0n) is 26.8. The molecule has 0 saturated heterocycles. The summed E-state index contributed by atoms with van der Waals surface area (Å²) >= 11 is 0. The van der Waals surface area contributed by atoms with E-state index in [2.05, 4.69) is 63.5 Å². The third-order valence-corrected chi connectivity index (χ3v) is 8.48. The highest BCUT2D eigenvalue weighted by molar-refractivity contribution is 5.99. The highest BCUT2D eigenvalue weighted by atomic mass is 16.5. The predicted molar refractivity (Wildman–Crippen MR) is 183 cm³/mol. The molecule has 5 aromatic carbocycles. The van der Waals surface area contributed by atoms with Gasteiger partial charge in [0.2, 0.25) is 0 Å². The van der Waals surface area contributed by atoms with E-state index in [9.17, 15) is 10.5 Å². The van der Waals surface area contributed by atoms with Crippen LogP contribution in [0.4, 0.5) is 34.1 Å². The van der Waals surface area contributed by atoms with Crippen molar-refractivity contribution in [3.05, 3.63) is 119 Å². The minimum atomic E-state index is -0.563. The second-order valence-electron chi connectivity index (χ2n) is 13.7. The van der Waals surface area contributed by atoms with Crippen LogP contribution in [0.1, 0.15) is 63.8 Å². The average Bonchev–Trinajstić information content (AvgIpc) is 3.04. The van der Waals surface area contributed by atoms with Crippen molar-refractivity contribution in [2.24, 2.45) is 0 Å². The van der Waals surface area contributed by atoms with Crippen LogP contribution in [0.3, 0.4) is 0 Å². The summed E-state index contributed by atoms with van der Waals surface area (Å²) in [6.45, 7) is 12.6. The molecule has 6 nitrogen and oxygen atoms in total. The summed E-state index contributed by atoms with van der Waals surface area (Å²) in [7, 11) is 0. The molecular weight excluding hydrogens is 568 g/mol. The van der Waals surface area contributed by atoms with Crippen LogP contribution in [0.15, 0.2) is 97.1 Å². The molecule has 0 atom stereocenters. The van der Waals surface area contributed by atoms with E-state index < -0.39 is 10.8 Å². The number of hydrogen-bond donors (Lipinski definition) is 0. The van der Waals surface area contributed by atoms with Crippen LogP contribution in [-0.4, -0.2) is 0 Å². The van der Waals surface area contributed by atoms with E-state index in [-0.39, 0.29) is 0 Å². The summed E-state index contributed by atoms with van der Waals surface area (Å²) in [5.74, 6) is 2.76. The third kappa shape index (κ3) is 4.37. The van der Waals surface area contributed by atoms with Crippen molar-refractivity contribution < 1.29 is 9.47 Å². The first-order valence-electron chi connectivity index (χ1n) is 15.4. The van der Waals surface area contributed by atoms with Gasteiger partial charge >= 0.3 is 0 Å². The lowest BCUT2D eigenvalue weighted by Crippen LogP contribution is -2.30. The van der Waals surface area contributed by atoms with Gasteiger partial charge in [0.25, 0.3) is 0 Å². The minimum Gasteiger partial charge on any atom is -0.453 e. The third-order valence-electron chi connectivity index (χ3n) is 8.48. The first kappa shape index (κ1) is 29.0. The molecule has 0 bridgehead atoms. The molecule has 0 fully saturated rings. The molecule has 5 aromatic rings. The summed E-state index contributed by atoms with van der Waals surface area (Å²) < 4.78 is 12.8. The van der Waals surface area contributed by atoms with Crippen LogP contribution in [0.2, 0.25) is 0 Å². The van der Waals surface area contributed by atoms with Gasteiger partial charge in [0.1, 0.15) is 12.1 Å². The Balaban J connectivity index is 1.73. The zero-order valence-corrected chi connectivity index (χ0v) is 26.8. The quantitative estimate of drug-likeness (QED) is 0.196. The van der Waals surface area contributed by atoms with Gasteiger partial charge in [-0.3, -0.25) is 0 Å². The van der Waals surface area contributed by atoms with Gasteiger partial charge < -0.3 is 19.3 Å². The molecule has 0 N–H and O–H groups in total. The van der Waals surface area contributed by atoms with E-state index >= 15 is 0 Å². The van der Waals surface area contributed by atoms with E-state index in [0.29, 0.717) is 39.7 Å². The Morgan fingerprint density at radius 2 is 0.739 bits per heavy atom. The average molecular weight is 603 g/mol. The largest absolute Gasteiger partial charge is 0.453 e. The number of fused-ring (bicyclic) bond motifs is 4. The van der Waals surface area contributed by atoms with Gasteiger partial charge in [0.05, 0.1) is 45.3 Å². The second-order valence-corrected chi connectivity index (χ2v) is 13.7. The molecule has 0 radical (unpaired) electrons. The van der Waals surface area contributed by atoms with Crippen molar-refractivity contribution in [3.63, 3.8) is 0 Å². The normalized spacial score (nSPS) is 13.2. The number of benzene rings is 5. The van der Waals surface area contributed by atoms with Crippen molar-refractivity contribution in [2.75, 3.05) is 9.80 Å². The molecular formula is C40H34N4O2. The zero-order chi connectivity index (χ0) is 32.4. The van der Waals surface area contributed by atoms with Crippen molar-refractivity contribution >= 4 is 34.1 Å². The number of nitrogens with zero attached hydrogens (tertiary/aromatic N) is 4. The fraction of sp³-hybridized carbons (Fsp3) is 0.200. The molecule has 226 valence electrons. The van der Waals surface area contributed by atoms with Crippen LogP contribution in [0, 0.1) is 22.7 Å². The van der Waals surface area contributed by atoms with Gasteiger partial charge in [0, 0.05) is 5.56 Å². The molecule has 0 amide bonds. The first-order chi connectivity index (χ1) is 22.0. The number of anilines is 6. The van der Waals surface area contributed by atoms with Crippen LogP contribution in [0.5, 0.6) is 23.0 Å². The highest BCUT2D eigenvalue weighted by Crippen LogP contribution is 2.60. The summed E-state index contributed by atoms with van der Waals surface area (Å²) in [6.07, 6.45) is 0. The van der Waals surface area contributed by atoms with Gasteiger partial charge in [0.15, 0.2) is 23.0 Å². The fourth-order valence-electron chi connectivity index (χ4n) is 6.74. The Hall–Kier alpha value is -5.72. The van der Waals surface area contributed by atoms with Gasteiger partial charge in [-0.25, -0.2) is 0 Å². The Bertz CT molecular complexity index is 1890. The molecule has 0 spiro atoms. The number of rotatable bonds is 2. The summed E-state index contributed by atoms with van der Waals surface area (Å²) in [5, 5.41) is 22.3. The molecule has 7 rings (SSSR count). The highest BCUT2D eigenvalue weighted by Gasteiger charge is 2.42. The Morgan fingerprint density at radius 3 is 1.00 bits per heavy atom. The van der Waals surface area contributed by atoms with Crippen LogP contribution < -0.4 is 19.3 Å². The minimum absolute atomic E-state index is 0.471. The van der Waals surface area contributed by atoms with Gasteiger partial charge in [-0.2, -0.15) is 10.5 Å². The van der Waals surface area contributed by atoms with Crippen molar-refractivity contribution in [1.29, 1.82) is 10.5 Å². The van der Waals surface area contributed by atoms with E-state index in [1.165, 1.54) is 0 Å². The van der Waals surface area contributed by atoms with Crippen LogP contribution in [0.25, 0.3) is 0 Å². The predicted octanol–water partition coefficient (Wildman–Crippen LogP) is 11.2. The molecule has 46 heavy (non-hydrogen) atoms. The molecule has 0 saturated carbocycles. The lowest BCUT2D eigenvalue weighted by molar-refractivity contribution is 0.476. The number of nitriles is 2. The molecule has 0 aromatic heterocycles. The Morgan fingerprint density at radius 1 is 0.457 bits per heavy atom. The van der Waals surface area contributed by atoms with E-state index in [1.54, 1.807) is 0 Å². The van der Waals surface area contributed by atoms with Crippen LogP contribution in [-0.2, 0) is 10.8 Å². The summed E-state index contributed by atoms with van der Waals surface area (Å²) in [4.78, 5) is 4.32. The monoisotopic (exact) mass is 602 g/mol. The molecule has 6 heteroatoms. The molecule has 0 unspecified atom stereocenters. The summed E-state index contributed by atoms with van der Waals surface area (Å²) in [6, 6.07) is 36.8. The van der Waals surface area contributed by atoms with Crippen LogP contribution >= 0.6 is 0 Å². The number of ether oxygens (including phenoxy) is 2. The smallest absolute Gasteiger partial charge is 0.151 e.